The smallest absolute Gasteiger partial charge is 0.193 e. The molecular formula is C17H28IN3OS. The zero-order valence-corrected chi connectivity index (χ0v) is 17.2. The van der Waals surface area contributed by atoms with Gasteiger partial charge in [0.05, 0.1) is 2.88 Å². The quantitative estimate of drug-likeness (QED) is 0.393. The largest absolute Gasteiger partial charge is 0.381 e. The number of thiophene rings is 1. The number of hydrogen-bond acceptors (Lipinski definition) is 3. The van der Waals surface area contributed by atoms with Crippen molar-refractivity contribution in [1.29, 1.82) is 0 Å². The van der Waals surface area contributed by atoms with Gasteiger partial charge < -0.3 is 15.0 Å². The first kappa shape index (κ1) is 19.0. The number of nitrogens with one attached hydrogen (secondary N) is 1. The fourth-order valence-electron chi connectivity index (χ4n) is 2.74. The molecule has 130 valence electrons. The second-order valence-electron chi connectivity index (χ2n) is 5.96. The molecule has 6 heteroatoms. The van der Waals surface area contributed by atoms with E-state index >= 15 is 0 Å². The topological polar surface area (TPSA) is 36.9 Å². The van der Waals surface area contributed by atoms with Gasteiger partial charge in [-0.1, -0.05) is 0 Å². The second-order valence-corrected chi connectivity index (χ2v) is 9.02. The molecule has 0 bridgehead atoms. The molecule has 23 heavy (non-hydrogen) atoms. The highest BCUT2D eigenvalue weighted by Crippen LogP contribution is 2.19. The van der Waals surface area contributed by atoms with Crippen LogP contribution >= 0.6 is 33.9 Å². The summed E-state index contributed by atoms with van der Waals surface area (Å²) in [4.78, 5) is 8.48. The lowest BCUT2D eigenvalue weighted by molar-refractivity contribution is 0.0625. The van der Waals surface area contributed by atoms with E-state index in [2.05, 4.69) is 58.9 Å². The summed E-state index contributed by atoms with van der Waals surface area (Å²) in [6, 6.07) is 4.39. The van der Waals surface area contributed by atoms with E-state index in [1.807, 2.05) is 11.3 Å². The van der Waals surface area contributed by atoms with Crippen LogP contribution in [-0.4, -0.2) is 50.8 Å². The van der Waals surface area contributed by atoms with Crippen LogP contribution in [0.4, 0.5) is 0 Å². The van der Waals surface area contributed by atoms with E-state index < -0.39 is 0 Å². The third-order valence-corrected chi connectivity index (χ3v) is 6.11. The summed E-state index contributed by atoms with van der Waals surface area (Å²) in [5.74, 6) is 1.84. The van der Waals surface area contributed by atoms with Gasteiger partial charge in [-0.15, -0.1) is 11.3 Å². The molecule has 0 saturated carbocycles. The molecule has 1 saturated heterocycles. The Morgan fingerprint density at radius 2 is 2.22 bits per heavy atom. The van der Waals surface area contributed by atoms with Crippen molar-refractivity contribution in [2.45, 2.75) is 32.6 Å². The van der Waals surface area contributed by atoms with Crippen molar-refractivity contribution in [3.05, 3.63) is 19.9 Å². The Bertz CT molecular complexity index is 486. The first-order valence-corrected chi connectivity index (χ1v) is 10.4. The molecular weight excluding hydrogens is 421 g/mol. The van der Waals surface area contributed by atoms with E-state index in [4.69, 9.17) is 9.73 Å². The Hall–Kier alpha value is -0.340. The van der Waals surface area contributed by atoms with E-state index in [0.29, 0.717) is 0 Å². The maximum atomic E-state index is 5.44. The van der Waals surface area contributed by atoms with Gasteiger partial charge in [0.15, 0.2) is 5.96 Å². The lowest BCUT2D eigenvalue weighted by Crippen LogP contribution is -2.40. The number of guanidine groups is 1. The summed E-state index contributed by atoms with van der Waals surface area (Å²) in [5, 5.41) is 3.41. The van der Waals surface area contributed by atoms with Gasteiger partial charge in [0, 0.05) is 51.2 Å². The van der Waals surface area contributed by atoms with Gasteiger partial charge in [-0.3, -0.25) is 4.99 Å². The molecule has 0 aromatic carbocycles. The lowest BCUT2D eigenvalue weighted by atomic mass is 9.96. The Morgan fingerprint density at radius 1 is 1.43 bits per heavy atom. The molecule has 1 fully saturated rings. The lowest BCUT2D eigenvalue weighted by Gasteiger charge is -2.26. The molecule has 0 unspecified atom stereocenters. The summed E-state index contributed by atoms with van der Waals surface area (Å²) in [5.41, 5.74) is 0. The van der Waals surface area contributed by atoms with Gasteiger partial charge in [0.2, 0.25) is 0 Å². The molecule has 0 spiro atoms. The van der Waals surface area contributed by atoms with Crippen molar-refractivity contribution in [3.8, 4) is 0 Å². The highest BCUT2D eigenvalue weighted by Gasteiger charge is 2.15. The van der Waals surface area contributed by atoms with Crippen LogP contribution in [0.25, 0.3) is 0 Å². The molecule has 2 heterocycles. The van der Waals surface area contributed by atoms with Crippen molar-refractivity contribution >= 4 is 39.9 Å². The maximum absolute atomic E-state index is 5.44. The number of rotatable bonds is 7. The molecule has 1 aromatic rings. The molecule has 4 nitrogen and oxygen atoms in total. The van der Waals surface area contributed by atoms with Gasteiger partial charge >= 0.3 is 0 Å². The van der Waals surface area contributed by atoms with E-state index in [0.717, 1.165) is 51.1 Å². The van der Waals surface area contributed by atoms with Gasteiger partial charge in [0.25, 0.3) is 0 Å². The van der Waals surface area contributed by atoms with Gasteiger partial charge in [-0.2, -0.15) is 0 Å². The standard InChI is InChI=1S/C17H28IN3OS/c1-3-19-17(20-10-6-15-4-5-16(18)23-15)21(2)11-7-14-8-12-22-13-9-14/h4-5,14H,3,6-13H2,1-2H3,(H,19,20). The van der Waals surface area contributed by atoms with Crippen molar-refractivity contribution in [2.24, 2.45) is 10.9 Å². The van der Waals surface area contributed by atoms with Gasteiger partial charge in [0.1, 0.15) is 0 Å². The number of aliphatic imine (C=N–C) groups is 1. The highest BCUT2D eigenvalue weighted by atomic mass is 127. The molecule has 1 aliphatic rings. The van der Waals surface area contributed by atoms with Crippen LogP contribution in [0, 0.1) is 8.80 Å². The average molecular weight is 449 g/mol. The zero-order valence-electron chi connectivity index (χ0n) is 14.2. The van der Waals surface area contributed by atoms with Crippen molar-refractivity contribution in [1.82, 2.24) is 10.2 Å². The first-order chi connectivity index (χ1) is 11.2. The average Bonchev–Trinajstić information content (AvgIpc) is 2.98. The van der Waals surface area contributed by atoms with Crippen molar-refractivity contribution in [3.63, 3.8) is 0 Å². The third kappa shape index (κ3) is 6.97. The molecule has 0 radical (unpaired) electrons. The Morgan fingerprint density at radius 3 is 2.87 bits per heavy atom. The predicted molar refractivity (Wildman–Crippen MR) is 108 cm³/mol. The number of nitrogens with zero attached hydrogens (tertiary/aromatic N) is 2. The predicted octanol–water partition coefficient (Wildman–Crippen LogP) is 3.61. The highest BCUT2D eigenvalue weighted by molar-refractivity contribution is 14.1. The summed E-state index contributed by atoms with van der Waals surface area (Å²) >= 11 is 4.24. The Balaban J connectivity index is 1.78. The molecule has 0 atom stereocenters. The van der Waals surface area contributed by atoms with Crippen molar-refractivity contribution < 1.29 is 4.74 Å². The fourth-order valence-corrected chi connectivity index (χ4v) is 4.49. The van der Waals surface area contributed by atoms with Gasteiger partial charge in [-0.05, 0) is 66.8 Å². The normalized spacial score (nSPS) is 16.6. The second kappa shape index (κ2) is 10.5. The minimum Gasteiger partial charge on any atom is -0.381 e. The zero-order chi connectivity index (χ0) is 16.5. The van der Waals surface area contributed by atoms with Crippen LogP contribution in [0.1, 0.15) is 31.1 Å². The van der Waals surface area contributed by atoms with Crippen molar-refractivity contribution in [2.75, 3.05) is 39.9 Å². The van der Waals surface area contributed by atoms with Crippen LogP contribution in [0.15, 0.2) is 17.1 Å². The van der Waals surface area contributed by atoms with E-state index in [-0.39, 0.29) is 0 Å². The van der Waals surface area contributed by atoms with E-state index in [9.17, 15) is 0 Å². The third-order valence-electron chi connectivity index (χ3n) is 4.16. The van der Waals surface area contributed by atoms with Crippen LogP contribution < -0.4 is 5.32 Å². The molecule has 0 amide bonds. The molecule has 2 rings (SSSR count). The summed E-state index contributed by atoms with van der Waals surface area (Å²) in [7, 11) is 2.15. The van der Waals surface area contributed by atoms with Crippen LogP contribution in [0.2, 0.25) is 0 Å². The maximum Gasteiger partial charge on any atom is 0.193 e. The minimum absolute atomic E-state index is 0.808. The number of halogens is 1. The summed E-state index contributed by atoms with van der Waals surface area (Å²) < 4.78 is 6.79. The Labute approximate surface area is 157 Å². The fraction of sp³-hybridized carbons (Fsp3) is 0.706. The van der Waals surface area contributed by atoms with E-state index in [1.165, 1.54) is 27.0 Å². The minimum atomic E-state index is 0.808. The SMILES string of the molecule is CCNC(=NCCc1ccc(I)s1)N(C)CCC1CCOCC1. The molecule has 1 aliphatic heterocycles. The molecule has 0 aliphatic carbocycles. The summed E-state index contributed by atoms with van der Waals surface area (Å²) in [6.45, 7) is 6.82. The number of ether oxygens (including phenoxy) is 1. The number of hydrogen-bond donors (Lipinski definition) is 1. The van der Waals surface area contributed by atoms with Crippen LogP contribution in [0.5, 0.6) is 0 Å². The first-order valence-electron chi connectivity index (χ1n) is 8.50. The molecule has 1 aromatic heterocycles. The van der Waals surface area contributed by atoms with Crippen LogP contribution in [0.3, 0.4) is 0 Å². The van der Waals surface area contributed by atoms with Crippen LogP contribution in [-0.2, 0) is 11.2 Å². The molecule has 1 N–H and O–H groups in total. The monoisotopic (exact) mass is 449 g/mol. The summed E-state index contributed by atoms with van der Waals surface area (Å²) in [6.07, 6.45) is 4.67. The van der Waals surface area contributed by atoms with E-state index in [1.54, 1.807) is 0 Å². The van der Waals surface area contributed by atoms with Gasteiger partial charge in [-0.25, -0.2) is 0 Å². The Kier molecular flexibility index (Phi) is 8.68.